The zero-order valence-electron chi connectivity index (χ0n) is 14.0. The van der Waals surface area contributed by atoms with Crippen LogP contribution in [-0.4, -0.2) is 43.7 Å². The van der Waals surface area contributed by atoms with Crippen LogP contribution in [0.4, 0.5) is 0 Å². The van der Waals surface area contributed by atoms with Crippen molar-refractivity contribution >= 4 is 5.91 Å². The molecule has 1 fully saturated rings. The lowest BCUT2D eigenvalue weighted by molar-refractivity contribution is 0.0573. The number of benzene rings is 1. The normalized spacial score (nSPS) is 20.9. The van der Waals surface area contributed by atoms with Crippen molar-refractivity contribution in [3.8, 4) is 11.5 Å². The van der Waals surface area contributed by atoms with Gasteiger partial charge in [0.25, 0.3) is 5.91 Å². The Kier molecular flexibility index (Phi) is 6.04. The fourth-order valence-corrected chi connectivity index (χ4v) is 2.98. The molecule has 23 heavy (non-hydrogen) atoms. The second-order valence-electron chi connectivity index (χ2n) is 5.98. The van der Waals surface area contributed by atoms with E-state index in [-0.39, 0.29) is 11.9 Å². The average molecular weight is 318 g/mol. The third kappa shape index (κ3) is 4.05. The summed E-state index contributed by atoms with van der Waals surface area (Å²) in [6.07, 6.45) is 3.64. The van der Waals surface area contributed by atoms with Gasteiger partial charge in [0.05, 0.1) is 7.11 Å². The molecule has 0 saturated carbocycles. The highest BCUT2D eigenvalue weighted by atomic mass is 16.5. The molecule has 5 heteroatoms. The number of rotatable bonds is 6. The monoisotopic (exact) mass is 318 g/mol. The molecule has 2 N–H and O–H groups in total. The minimum atomic E-state index is 0.000852. The third-order valence-corrected chi connectivity index (χ3v) is 4.28. The third-order valence-electron chi connectivity index (χ3n) is 4.28. The second kappa shape index (κ2) is 8.02. The van der Waals surface area contributed by atoms with Crippen LogP contribution in [-0.2, 0) is 0 Å². The Morgan fingerprint density at radius 3 is 2.91 bits per heavy atom. The van der Waals surface area contributed by atoms with Gasteiger partial charge in [0.2, 0.25) is 0 Å². The molecule has 1 aliphatic heterocycles. The number of methoxy groups -OCH3 is 1. The molecule has 0 spiro atoms. The van der Waals surface area contributed by atoms with Gasteiger partial charge in [0, 0.05) is 24.7 Å². The van der Waals surface area contributed by atoms with Gasteiger partial charge in [0.1, 0.15) is 6.61 Å². The Balaban J connectivity index is 2.19. The molecule has 2 atom stereocenters. The standard InChI is InChI=1S/C18H26N2O3/c1-4-9-23-16-6-5-14(11-17(16)22-3)18(21)20-8-7-13(2)10-15(20)12-19/h4-6,11,13,15H,1,7-10,12,19H2,2-3H3. The molecule has 1 heterocycles. The summed E-state index contributed by atoms with van der Waals surface area (Å²) in [5, 5.41) is 0. The summed E-state index contributed by atoms with van der Waals surface area (Å²) < 4.78 is 10.9. The van der Waals surface area contributed by atoms with Crippen molar-refractivity contribution in [3.63, 3.8) is 0 Å². The van der Waals surface area contributed by atoms with Crippen molar-refractivity contribution in [2.75, 3.05) is 26.8 Å². The minimum Gasteiger partial charge on any atom is -0.493 e. The Bertz CT molecular complexity index is 559. The van der Waals surface area contributed by atoms with E-state index >= 15 is 0 Å². The van der Waals surface area contributed by atoms with Crippen molar-refractivity contribution < 1.29 is 14.3 Å². The molecular weight excluding hydrogens is 292 g/mol. The number of hydrogen-bond donors (Lipinski definition) is 1. The van der Waals surface area contributed by atoms with Gasteiger partial charge in [-0.25, -0.2) is 0 Å². The van der Waals surface area contributed by atoms with E-state index in [0.29, 0.717) is 36.1 Å². The Morgan fingerprint density at radius 2 is 2.26 bits per heavy atom. The number of carbonyl (C=O) groups excluding carboxylic acids is 1. The molecule has 1 aliphatic rings. The van der Waals surface area contributed by atoms with Crippen molar-refractivity contribution in [1.82, 2.24) is 4.90 Å². The summed E-state index contributed by atoms with van der Waals surface area (Å²) >= 11 is 0. The first-order chi connectivity index (χ1) is 11.1. The number of amides is 1. The molecule has 1 aromatic carbocycles. The molecule has 2 rings (SSSR count). The van der Waals surface area contributed by atoms with Crippen LogP contribution >= 0.6 is 0 Å². The maximum atomic E-state index is 12.8. The van der Waals surface area contributed by atoms with Crippen LogP contribution in [0.5, 0.6) is 11.5 Å². The number of likely N-dealkylation sites (tertiary alicyclic amines) is 1. The van der Waals surface area contributed by atoms with E-state index in [1.54, 1.807) is 31.4 Å². The second-order valence-corrected chi connectivity index (χ2v) is 5.98. The Hall–Kier alpha value is -2.01. The molecule has 126 valence electrons. The van der Waals surface area contributed by atoms with Gasteiger partial charge in [-0.1, -0.05) is 19.6 Å². The number of carbonyl (C=O) groups is 1. The lowest BCUT2D eigenvalue weighted by Crippen LogP contribution is -2.49. The van der Waals surface area contributed by atoms with Gasteiger partial charge in [-0.2, -0.15) is 0 Å². The van der Waals surface area contributed by atoms with Crippen molar-refractivity contribution in [2.24, 2.45) is 11.7 Å². The minimum absolute atomic E-state index is 0.000852. The maximum absolute atomic E-state index is 12.8. The molecule has 0 radical (unpaired) electrons. The summed E-state index contributed by atoms with van der Waals surface area (Å²) in [6, 6.07) is 5.37. The largest absolute Gasteiger partial charge is 0.493 e. The van der Waals surface area contributed by atoms with Gasteiger partial charge in [-0.15, -0.1) is 0 Å². The molecule has 0 aromatic heterocycles. The summed E-state index contributed by atoms with van der Waals surface area (Å²) in [5.74, 6) is 1.76. The lowest BCUT2D eigenvalue weighted by atomic mass is 9.92. The highest BCUT2D eigenvalue weighted by Gasteiger charge is 2.29. The summed E-state index contributed by atoms with van der Waals surface area (Å²) in [6.45, 7) is 7.47. The van der Waals surface area contributed by atoms with Gasteiger partial charge in [-0.3, -0.25) is 4.79 Å². The molecule has 1 amide bonds. The molecule has 5 nitrogen and oxygen atoms in total. The first kappa shape index (κ1) is 17.3. The van der Waals surface area contributed by atoms with E-state index in [9.17, 15) is 4.79 Å². The predicted molar refractivity (Wildman–Crippen MR) is 91.0 cm³/mol. The van der Waals surface area contributed by atoms with Crippen molar-refractivity contribution in [2.45, 2.75) is 25.8 Å². The van der Waals surface area contributed by atoms with Crippen molar-refractivity contribution in [1.29, 1.82) is 0 Å². The molecule has 0 bridgehead atoms. The maximum Gasteiger partial charge on any atom is 0.254 e. The number of ether oxygens (including phenoxy) is 2. The van der Waals surface area contributed by atoms with E-state index in [2.05, 4.69) is 13.5 Å². The van der Waals surface area contributed by atoms with E-state index < -0.39 is 0 Å². The zero-order valence-corrected chi connectivity index (χ0v) is 14.0. The van der Waals surface area contributed by atoms with E-state index in [4.69, 9.17) is 15.2 Å². The predicted octanol–water partition coefficient (Wildman–Crippen LogP) is 2.46. The number of hydrogen-bond acceptors (Lipinski definition) is 4. The van der Waals surface area contributed by atoms with Crippen molar-refractivity contribution in [3.05, 3.63) is 36.4 Å². The van der Waals surface area contributed by atoms with E-state index in [1.807, 2.05) is 4.90 Å². The number of piperidine rings is 1. The van der Waals surface area contributed by atoms with Crippen LogP contribution in [0.15, 0.2) is 30.9 Å². The van der Waals surface area contributed by atoms with Crippen LogP contribution < -0.4 is 15.2 Å². The van der Waals surface area contributed by atoms with Crippen LogP contribution in [0.2, 0.25) is 0 Å². The van der Waals surface area contributed by atoms with Crippen LogP contribution in [0.1, 0.15) is 30.1 Å². The van der Waals surface area contributed by atoms with Gasteiger partial charge in [-0.05, 0) is 37.0 Å². The Labute approximate surface area is 138 Å². The Morgan fingerprint density at radius 1 is 1.48 bits per heavy atom. The summed E-state index contributed by atoms with van der Waals surface area (Å²) in [5.41, 5.74) is 6.46. The van der Waals surface area contributed by atoms with E-state index in [1.165, 1.54) is 0 Å². The number of nitrogens with zero attached hydrogens (tertiary/aromatic N) is 1. The highest BCUT2D eigenvalue weighted by Crippen LogP contribution is 2.30. The zero-order chi connectivity index (χ0) is 16.8. The average Bonchev–Trinajstić information content (AvgIpc) is 2.59. The topological polar surface area (TPSA) is 64.8 Å². The smallest absolute Gasteiger partial charge is 0.254 e. The molecule has 1 saturated heterocycles. The van der Waals surface area contributed by atoms with Crippen LogP contribution in [0, 0.1) is 5.92 Å². The lowest BCUT2D eigenvalue weighted by Gasteiger charge is -2.38. The molecule has 1 aromatic rings. The molecule has 2 unspecified atom stereocenters. The molecular formula is C18H26N2O3. The number of nitrogens with two attached hydrogens (primary N) is 1. The van der Waals surface area contributed by atoms with Gasteiger partial charge in [0.15, 0.2) is 11.5 Å². The van der Waals surface area contributed by atoms with Gasteiger partial charge >= 0.3 is 0 Å². The van der Waals surface area contributed by atoms with Crippen LogP contribution in [0.25, 0.3) is 0 Å². The quantitative estimate of drug-likeness (QED) is 0.818. The SMILES string of the molecule is C=CCOc1ccc(C(=O)N2CCC(C)CC2CN)cc1OC. The molecule has 0 aliphatic carbocycles. The first-order valence-electron chi connectivity index (χ1n) is 8.03. The fraction of sp³-hybridized carbons (Fsp3) is 0.500. The fourth-order valence-electron chi connectivity index (χ4n) is 2.98. The van der Waals surface area contributed by atoms with Crippen LogP contribution in [0.3, 0.4) is 0 Å². The first-order valence-corrected chi connectivity index (χ1v) is 8.03. The van der Waals surface area contributed by atoms with E-state index in [0.717, 1.165) is 19.4 Å². The van der Waals surface area contributed by atoms with Gasteiger partial charge < -0.3 is 20.1 Å². The highest BCUT2D eigenvalue weighted by molar-refractivity contribution is 5.95. The summed E-state index contributed by atoms with van der Waals surface area (Å²) in [4.78, 5) is 14.7. The summed E-state index contributed by atoms with van der Waals surface area (Å²) in [7, 11) is 1.57.